The van der Waals surface area contributed by atoms with Crippen LogP contribution in [-0.4, -0.2) is 33.6 Å². The van der Waals surface area contributed by atoms with E-state index < -0.39 is 0 Å². The summed E-state index contributed by atoms with van der Waals surface area (Å²) in [6, 6.07) is 9.84. The van der Waals surface area contributed by atoms with Crippen molar-refractivity contribution in [2.75, 3.05) is 16.8 Å². The van der Waals surface area contributed by atoms with Crippen LogP contribution < -0.4 is 10.1 Å². The summed E-state index contributed by atoms with van der Waals surface area (Å²) in [5, 5.41) is 12.4. The molecule has 1 atom stereocenters. The number of phenols is 1. The Kier molecular flexibility index (Phi) is 4.48. The van der Waals surface area contributed by atoms with Crippen LogP contribution in [0.25, 0.3) is 0 Å². The number of hydrogen-bond donors (Lipinski definition) is 2. The van der Waals surface area contributed by atoms with Gasteiger partial charge in [0.1, 0.15) is 11.9 Å². The number of pyridine rings is 1. The van der Waals surface area contributed by atoms with Gasteiger partial charge in [-0.1, -0.05) is 12.1 Å². The zero-order valence-electron chi connectivity index (χ0n) is 11.9. The predicted molar refractivity (Wildman–Crippen MR) is 86.7 cm³/mol. The number of nitrogens with one attached hydrogen (secondary N) is 1. The third-order valence-corrected chi connectivity index (χ3v) is 4.46. The van der Waals surface area contributed by atoms with E-state index in [4.69, 9.17) is 4.74 Å². The van der Waals surface area contributed by atoms with Gasteiger partial charge >= 0.3 is 0 Å². The van der Waals surface area contributed by atoms with Crippen LogP contribution in [0.1, 0.15) is 16.8 Å². The largest absolute Gasteiger partial charge is 0.506 e. The molecular weight excluding hydrogens is 300 g/mol. The van der Waals surface area contributed by atoms with E-state index in [9.17, 15) is 9.90 Å². The van der Waals surface area contributed by atoms with Crippen LogP contribution in [0.2, 0.25) is 0 Å². The van der Waals surface area contributed by atoms with E-state index in [1.54, 1.807) is 36.5 Å². The molecule has 1 fully saturated rings. The summed E-state index contributed by atoms with van der Waals surface area (Å²) in [6.45, 7) is 0. The Balaban J connectivity index is 1.71. The third kappa shape index (κ3) is 3.51. The number of anilines is 1. The van der Waals surface area contributed by atoms with Gasteiger partial charge < -0.3 is 15.2 Å². The van der Waals surface area contributed by atoms with Crippen LogP contribution in [-0.2, 0) is 0 Å². The summed E-state index contributed by atoms with van der Waals surface area (Å²) in [4.78, 5) is 16.4. The van der Waals surface area contributed by atoms with Crippen LogP contribution >= 0.6 is 11.8 Å². The minimum Gasteiger partial charge on any atom is -0.506 e. The molecule has 0 radical (unpaired) electrons. The molecule has 1 aromatic heterocycles. The molecule has 5 nitrogen and oxygen atoms in total. The second kappa shape index (κ2) is 6.70. The first-order valence-electron chi connectivity index (χ1n) is 7.02. The van der Waals surface area contributed by atoms with Crippen molar-refractivity contribution >= 4 is 23.4 Å². The molecule has 3 rings (SSSR count). The Morgan fingerprint density at radius 3 is 3.00 bits per heavy atom. The van der Waals surface area contributed by atoms with Crippen molar-refractivity contribution in [2.45, 2.75) is 12.5 Å². The molecule has 0 aliphatic carbocycles. The number of phenolic OH excluding ortho intramolecular Hbond substituents is 1. The Morgan fingerprint density at radius 1 is 1.36 bits per heavy atom. The van der Waals surface area contributed by atoms with E-state index >= 15 is 0 Å². The Labute approximate surface area is 132 Å². The average molecular weight is 316 g/mol. The molecule has 0 saturated carbocycles. The molecule has 1 unspecified atom stereocenters. The lowest BCUT2D eigenvalue weighted by molar-refractivity contribution is 0.102. The number of amides is 1. The number of aromatic hydroxyl groups is 1. The van der Waals surface area contributed by atoms with Gasteiger partial charge in [0, 0.05) is 23.6 Å². The molecule has 1 saturated heterocycles. The fraction of sp³-hybridized carbons (Fsp3) is 0.250. The number of thioether (sulfide) groups is 1. The second-order valence-corrected chi connectivity index (χ2v) is 6.11. The summed E-state index contributed by atoms with van der Waals surface area (Å²) in [5.74, 6) is 2.23. The minimum absolute atomic E-state index is 0.0318. The minimum atomic E-state index is -0.311. The number of hydrogen-bond acceptors (Lipinski definition) is 5. The topological polar surface area (TPSA) is 71.5 Å². The van der Waals surface area contributed by atoms with Crippen molar-refractivity contribution in [1.29, 1.82) is 0 Å². The maximum absolute atomic E-state index is 12.2. The maximum Gasteiger partial charge on any atom is 0.256 e. The number of ether oxygens (including phenoxy) is 1. The lowest BCUT2D eigenvalue weighted by Crippen LogP contribution is -2.17. The first-order valence-corrected chi connectivity index (χ1v) is 8.17. The smallest absolute Gasteiger partial charge is 0.256 e. The summed E-state index contributed by atoms with van der Waals surface area (Å²) >= 11 is 1.86. The number of benzene rings is 1. The number of aromatic nitrogens is 1. The van der Waals surface area contributed by atoms with Crippen molar-refractivity contribution in [3.63, 3.8) is 0 Å². The van der Waals surface area contributed by atoms with Crippen molar-refractivity contribution in [1.82, 2.24) is 4.98 Å². The van der Waals surface area contributed by atoms with Crippen molar-refractivity contribution in [3.8, 4) is 11.6 Å². The van der Waals surface area contributed by atoms with Crippen LogP contribution in [0.5, 0.6) is 11.6 Å². The molecule has 114 valence electrons. The molecule has 1 aliphatic heterocycles. The number of carbonyl (C=O) groups excluding carboxylic acids is 1. The van der Waals surface area contributed by atoms with Gasteiger partial charge in [-0.05, 0) is 30.4 Å². The molecule has 1 aliphatic rings. The molecule has 0 bridgehead atoms. The van der Waals surface area contributed by atoms with Crippen molar-refractivity contribution in [3.05, 3.63) is 48.2 Å². The highest BCUT2D eigenvalue weighted by Gasteiger charge is 2.18. The number of carbonyl (C=O) groups is 1. The Morgan fingerprint density at radius 2 is 2.23 bits per heavy atom. The Bertz CT molecular complexity index is 672. The molecule has 22 heavy (non-hydrogen) atoms. The fourth-order valence-electron chi connectivity index (χ4n) is 2.17. The zero-order chi connectivity index (χ0) is 15.4. The van der Waals surface area contributed by atoms with Gasteiger partial charge in [-0.2, -0.15) is 11.8 Å². The van der Waals surface area contributed by atoms with Crippen LogP contribution in [0.15, 0.2) is 42.6 Å². The number of rotatable bonds is 4. The lowest BCUT2D eigenvalue weighted by atomic mass is 10.2. The van der Waals surface area contributed by atoms with Crippen LogP contribution in [0.3, 0.4) is 0 Å². The highest BCUT2D eigenvalue weighted by Crippen LogP contribution is 2.24. The summed E-state index contributed by atoms with van der Waals surface area (Å²) < 4.78 is 5.78. The van der Waals surface area contributed by atoms with Gasteiger partial charge in [0.15, 0.2) is 0 Å². The van der Waals surface area contributed by atoms with Crippen molar-refractivity contribution in [2.24, 2.45) is 0 Å². The van der Waals surface area contributed by atoms with Gasteiger partial charge in [-0.3, -0.25) is 4.79 Å². The van der Waals surface area contributed by atoms with E-state index in [2.05, 4.69) is 10.3 Å². The molecule has 0 spiro atoms. The maximum atomic E-state index is 12.2. The summed E-state index contributed by atoms with van der Waals surface area (Å²) in [5.41, 5.74) is 0.817. The lowest BCUT2D eigenvalue weighted by Gasteiger charge is -2.12. The van der Waals surface area contributed by atoms with Gasteiger partial charge in [-0.15, -0.1) is 0 Å². The van der Waals surface area contributed by atoms with E-state index in [1.807, 2.05) is 11.8 Å². The van der Waals surface area contributed by atoms with E-state index in [0.29, 0.717) is 17.1 Å². The quantitative estimate of drug-likeness (QED) is 0.849. The van der Waals surface area contributed by atoms with Gasteiger partial charge in [0.05, 0.1) is 5.69 Å². The summed E-state index contributed by atoms with van der Waals surface area (Å²) in [6.07, 6.45) is 2.71. The van der Waals surface area contributed by atoms with Gasteiger partial charge in [0.25, 0.3) is 5.91 Å². The van der Waals surface area contributed by atoms with Gasteiger partial charge in [-0.25, -0.2) is 4.98 Å². The van der Waals surface area contributed by atoms with Crippen LogP contribution in [0.4, 0.5) is 5.69 Å². The molecule has 1 amide bonds. The van der Waals surface area contributed by atoms with Gasteiger partial charge in [0.2, 0.25) is 5.88 Å². The standard InChI is InChI=1S/C16H16N2O3S/c19-14-4-2-1-3-13(14)18-16(20)11-5-7-17-15(9-11)21-12-6-8-22-10-12/h1-5,7,9,12,19H,6,8,10H2,(H,18,20). The second-order valence-electron chi connectivity index (χ2n) is 4.96. The number of nitrogens with zero attached hydrogens (tertiary/aromatic N) is 1. The predicted octanol–water partition coefficient (Wildman–Crippen LogP) is 2.92. The normalized spacial score (nSPS) is 17.2. The number of para-hydroxylation sites is 2. The highest BCUT2D eigenvalue weighted by molar-refractivity contribution is 7.99. The van der Waals surface area contributed by atoms with Crippen LogP contribution in [0, 0.1) is 0 Å². The van der Waals surface area contributed by atoms with E-state index in [-0.39, 0.29) is 17.8 Å². The van der Waals surface area contributed by atoms with E-state index in [0.717, 1.165) is 17.9 Å². The average Bonchev–Trinajstić information content (AvgIpc) is 3.03. The third-order valence-electron chi connectivity index (χ3n) is 3.32. The molecule has 2 heterocycles. The molecular formula is C16H16N2O3S. The summed E-state index contributed by atoms with van der Waals surface area (Å²) in [7, 11) is 0. The molecule has 1 aromatic carbocycles. The first kappa shape index (κ1) is 14.7. The SMILES string of the molecule is O=C(Nc1ccccc1O)c1ccnc(OC2CCSC2)c1. The first-order chi connectivity index (χ1) is 10.7. The fourth-order valence-corrected chi connectivity index (χ4v) is 3.26. The van der Waals surface area contributed by atoms with E-state index in [1.165, 1.54) is 6.07 Å². The molecule has 2 N–H and O–H groups in total. The molecule has 2 aromatic rings. The highest BCUT2D eigenvalue weighted by atomic mass is 32.2. The zero-order valence-corrected chi connectivity index (χ0v) is 12.7. The molecule has 6 heteroatoms. The Hall–Kier alpha value is -2.21. The monoisotopic (exact) mass is 316 g/mol. The van der Waals surface area contributed by atoms with Crippen molar-refractivity contribution < 1.29 is 14.6 Å².